The van der Waals surface area contributed by atoms with E-state index in [1.54, 1.807) is 18.3 Å². The highest BCUT2D eigenvalue weighted by atomic mass is 127. The lowest BCUT2D eigenvalue weighted by Crippen LogP contribution is -2.07. The van der Waals surface area contributed by atoms with Gasteiger partial charge in [0.25, 0.3) is 0 Å². The predicted octanol–water partition coefficient (Wildman–Crippen LogP) is 7.35. The fourth-order valence-electron chi connectivity index (χ4n) is 2.78. The molecule has 0 atom stereocenters. The van der Waals surface area contributed by atoms with Gasteiger partial charge in [-0.05, 0) is 65.4 Å². The van der Waals surface area contributed by atoms with Crippen LogP contribution in [-0.4, -0.2) is 12.8 Å². The van der Waals surface area contributed by atoms with Crippen molar-refractivity contribution in [1.29, 1.82) is 0 Å². The van der Waals surface area contributed by atoms with Gasteiger partial charge in [-0.1, -0.05) is 59.1 Å². The first-order valence-electron chi connectivity index (χ1n) is 9.51. The molecule has 3 aromatic carbocycles. The van der Waals surface area contributed by atoms with E-state index in [0.29, 0.717) is 46.3 Å². The average molecular weight is 590 g/mol. The predicted molar refractivity (Wildman–Crippen MR) is 137 cm³/mol. The highest BCUT2D eigenvalue weighted by molar-refractivity contribution is 14.1. The summed E-state index contributed by atoms with van der Waals surface area (Å²) < 4.78 is 12.8. The van der Waals surface area contributed by atoms with Crippen LogP contribution in [0.1, 0.15) is 23.6 Å². The Bertz CT molecular complexity index is 1060. The molecule has 0 amide bonds. The first-order chi connectivity index (χ1) is 15.0. The fourth-order valence-corrected chi connectivity index (χ4v) is 4.28. The summed E-state index contributed by atoms with van der Waals surface area (Å²) in [5.41, 5.74) is 5.57. The van der Waals surface area contributed by atoms with E-state index in [2.05, 4.69) is 33.1 Å². The summed E-state index contributed by atoms with van der Waals surface area (Å²) in [4.78, 5) is 0. The highest BCUT2D eigenvalue weighted by Gasteiger charge is 2.13. The van der Waals surface area contributed by atoms with Crippen LogP contribution in [0.2, 0.25) is 15.1 Å². The third-order valence-corrected chi connectivity index (χ3v) is 6.16. The molecule has 0 aliphatic heterocycles. The quantitative estimate of drug-likeness (QED) is 0.161. The van der Waals surface area contributed by atoms with Crippen LogP contribution in [0.5, 0.6) is 11.5 Å². The van der Waals surface area contributed by atoms with Gasteiger partial charge in [0, 0.05) is 26.2 Å². The molecular formula is C23H20Cl3IN2O2. The van der Waals surface area contributed by atoms with E-state index in [9.17, 15) is 0 Å². The lowest BCUT2D eigenvalue weighted by atomic mass is 10.2. The SMILES string of the molecule is CCOc1cc(/C=N\NCc2c(Cl)cccc2Cl)cc(I)c1OCc1ccccc1Cl. The van der Waals surface area contributed by atoms with Crippen LogP contribution in [0.25, 0.3) is 0 Å². The summed E-state index contributed by atoms with van der Waals surface area (Å²) >= 11 is 20.8. The van der Waals surface area contributed by atoms with Crippen LogP contribution in [0.4, 0.5) is 0 Å². The summed E-state index contributed by atoms with van der Waals surface area (Å²) in [6.07, 6.45) is 1.72. The van der Waals surface area contributed by atoms with Crippen LogP contribution in [0, 0.1) is 3.57 Å². The number of benzene rings is 3. The van der Waals surface area contributed by atoms with Crippen molar-refractivity contribution >= 4 is 63.6 Å². The fraction of sp³-hybridized carbons (Fsp3) is 0.174. The van der Waals surface area contributed by atoms with Crippen LogP contribution in [-0.2, 0) is 13.2 Å². The molecule has 0 aromatic heterocycles. The summed E-state index contributed by atoms with van der Waals surface area (Å²) in [7, 11) is 0. The highest BCUT2D eigenvalue weighted by Crippen LogP contribution is 2.35. The molecule has 0 saturated heterocycles. The maximum absolute atomic E-state index is 6.24. The van der Waals surface area contributed by atoms with E-state index in [0.717, 1.165) is 20.3 Å². The van der Waals surface area contributed by atoms with Gasteiger partial charge < -0.3 is 14.9 Å². The second-order valence-corrected chi connectivity index (χ2v) is 8.82. The largest absolute Gasteiger partial charge is 0.490 e. The minimum atomic E-state index is 0.351. The van der Waals surface area contributed by atoms with Gasteiger partial charge in [0.1, 0.15) is 6.61 Å². The Morgan fingerprint density at radius 3 is 2.39 bits per heavy atom. The van der Waals surface area contributed by atoms with Crippen molar-refractivity contribution in [2.75, 3.05) is 6.61 Å². The molecule has 0 saturated carbocycles. The van der Waals surface area contributed by atoms with Gasteiger partial charge in [0.05, 0.1) is 22.9 Å². The second-order valence-electron chi connectivity index (χ2n) is 6.44. The zero-order valence-corrected chi connectivity index (χ0v) is 21.1. The molecule has 0 radical (unpaired) electrons. The van der Waals surface area contributed by atoms with Crippen molar-refractivity contribution in [2.45, 2.75) is 20.1 Å². The zero-order chi connectivity index (χ0) is 22.2. The van der Waals surface area contributed by atoms with Crippen molar-refractivity contribution in [1.82, 2.24) is 5.43 Å². The van der Waals surface area contributed by atoms with Gasteiger partial charge in [0.2, 0.25) is 0 Å². The number of hydrazone groups is 1. The summed E-state index contributed by atoms with van der Waals surface area (Å²) in [6.45, 7) is 3.22. The van der Waals surface area contributed by atoms with Gasteiger partial charge in [-0.15, -0.1) is 0 Å². The van der Waals surface area contributed by atoms with Gasteiger partial charge in [-0.25, -0.2) is 0 Å². The van der Waals surface area contributed by atoms with E-state index in [1.807, 2.05) is 49.4 Å². The molecule has 162 valence electrons. The van der Waals surface area contributed by atoms with Crippen molar-refractivity contribution < 1.29 is 9.47 Å². The molecule has 1 N–H and O–H groups in total. The average Bonchev–Trinajstić information content (AvgIpc) is 2.73. The van der Waals surface area contributed by atoms with E-state index in [4.69, 9.17) is 44.3 Å². The summed E-state index contributed by atoms with van der Waals surface area (Å²) in [5, 5.41) is 6.16. The number of nitrogens with one attached hydrogen (secondary N) is 1. The van der Waals surface area contributed by atoms with E-state index >= 15 is 0 Å². The molecule has 0 spiro atoms. The first kappa shape index (κ1) is 24.0. The number of hydrogen-bond acceptors (Lipinski definition) is 4. The minimum Gasteiger partial charge on any atom is -0.490 e. The van der Waals surface area contributed by atoms with Crippen molar-refractivity contribution in [3.63, 3.8) is 0 Å². The number of rotatable bonds is 9. The Morgan fingerprint density at radius 2 is 1.68 bits per heavy atom. The third-order valence-electron chi connectivity index (χ3n) is 4.28. The summed E-state index contributed by atoms with van der Waals surface area (Å²) in [5.74, 6) is 1.33. The monoisotopic (exact) mass is 588 g/mol. The molecule has 0 aliphatic carbocycles. The Hall–Kier alpha value is -1.67. The number of ether oxygens (including phenoxy) is 2. The maximum Gasteiger partial charge on any atom is 0.175 e. The van der Waals surface area contributed by atoms with Crippen LogP contribution < -0.4 is 14.9 Å². The molecule has 0 fully saturated rings. The van der Waals surface area contributed by atoms with E-state index in [-0.39, 0.29) is 0 Å². The number of halogens is 4. The molecule has 4 nitrogen and oxygen atoms in total. The topological polar surface area (TPSA) is 42.8 Å². The Labute approximate surface area is 210 Å². The Morgan fingerprint density at radius 1 is 0.968 bits per heavy atom. The molecule has 3 aromatic rings. The number of hydrogen-bond donors (Lipinski definition) is 1. The molecule has 3 rings (SSSR count). The molecule has 0 heterocycles. The van der Waals surface area contributed by atoms with Gasteiger partial charge in [-0.3, -0.25) is 0 Å². The van der Waals surface area contributed by atoms with Crippen LogP contribution >= 0.6 is 57.4 Å². The minimum absolute atomic E-state index is 0.351. The van der Waals surface area contributed by atoms with Gasteiger partial charge in [0.15, 0.2) is 11.5 Å². The zero-order valence-electron chi connectivity index (χ0n) is 16.7. The van der Waals surface area contributed by atoms with Gasteiger partial charge in [-0.2, -0.15) is 5.10 Å². The van der Waals surface area contributed by atoms with E-state index < -0.39 is 0 Å². The van der Waals surface area contributed by atoms with Crippen molar-refractivity contribution in [3.8, 4) is 11.5 Å². The molecule has 31 heavy (non-hydrogen) atoms. The molecule has 0 aliphatic rings. The second kappa shape index (κ2) is 11.8. The molecule has 0 bridgehead atoms. The summed E-state index contributed by atoms with van der Waals surface area (Å²) in [6, 6.07) is 16.9. The normalized spacial score (nSPS) is 11.0. The molecule has 0 unspecified atom stereocenters. The van der Waals surface area contributed by atoms with Crippen molar-refractivity contribution in [2.24, 2.45) is 5.10 Å². The lowest BCUT2D eigenvalue weighted by molar-refractivity contribution is 0.267. The third kappa shape index (κ3) is 6.65. The Balaban J connectivity index is 1.71. The maximum atomic E-state index is 6.24. The number of nitrogens with zero attached hydrogens (tertiary/aromatic N) is 1. The first-order valence-corrected chi connectivity index (χ1v) is 11.7. The van der Waals surface area contributed by atoms with Gasteiger partial charge >= 0.3 is 0 Å². The molecule has 8 heteroatoms. The smallest absolute Gasteiger partial charge is 0.175 e. The standard InChI is InChI=1S/C23H20Cl3IN2O2/c1-2-30-22-11-15(12-28-29-13-17-19(25)8-5-9-20(17)26)10-21(27)23(22)31-14-16-6-3-4-7-18(16)24/h3-12,29H,2,13-14H2,1H3/b28-12-. The Kier molecular flexibility index (Phi) is 9.14. The van der Waals surface area contributed by atoms with Crippen molar-refractivity contribution in [3.05, 3.63) is 89.9 Å². The van der Waals surface area contributed by atoms with Crippen LogP contribution in [0.15, 0.2) is 59.7 Å². The van der Waals surface area contributed by atoms with Crippen LogP contribution in [0.3, 0.4) is 0 Å². The lowest BCUT2D eigenvalue weighted by Gasteiger charge is -2.15. The molecular weight excluding hydrogens is 570 g/mol. The van der Waals surface area contributed by atoms with E-state index in [1.165, 1.54) is 0 Å².